The lowest BCUT2D eigenvalue weighted by atomic mass is 10.0. The molecule has 0 saturated heterocycles. The summed E-state index contributed by atoms with van der Waals surface area (Å²) in [5.74, 6) is -1.00. The highest BCUT2D eigenvalue weighted by Gasteiger charge is 2.14. The zero-order chi connectivity index (χ0) is 21.1. The van der Waals surface area contributed by atoms with Crippen LogP contribution in [-0.2, 0) is 22.4 Å². The van der Waals surface area contributed by atoms with Crippen LogP contribution in [0.2, 0.25) is 0 Å². The predicted octanol–water partition coefficient (Wildman–Crippen LogP) is 2.96. The molecule has 0 bridgehead atoms. The topological polar surface area (TPSA) is 108 Å². The fourth-order valence-electron chi connectivity index (χ4n) is 2.94. The molecule has 1 atom stereocenters. The molecule has 0 heterocycles. The van der Waals surface area contributed by atoms with E-state index < -0.39 is 5.97 Å². The zero-order valence-corrected chi connectivity index (χ0v) is 16.5. The number of carbonyl (C=O) groups excluding carboxylic acids is 2. The number of carboxylic acid groups (broad SMARTS) is 1. The highest BCUT2D eigenvalue weighted by atomic mass is 16.4. The number of benzene rings is 2. The average Bonchev–Trinajstić information content (AvgIpc) is 2.68. The molecule has 0 aliphatic heterocycles. The van der Waals surface area contributed by atoms with Crippen LogP contribution in [0, 0.1) is 0 Å². The van der Waals surface area contributed by atoms with Crippen molar-refractivity contribution < 1.29 is 19.5 Å². The Morgan fingerprint density at radius 1 is 0.966 bits per heavy atom. The van der Waals surface area contributed by atoms with E-state index in [0.717, 1.165) is 16.8 Å². The second-order valence-electron chi connectivity index (χ2n) is 6.85. The molecule has 154 valence electrons. The summed E-state index contributed by atoms with van der Waals surface area (Å²) in [6.07, 6.45) is 1.58. The molecule has 2 aromatic rings. The van der Waals surface area contributed by atoms with E-state index in [-0.39, 0.29) is 24.4 Å². The Hall–Kier alpha value is -3.35. The van der Waals surface area contributed by atoms with Crippen LogP contribution in [0.5, 0.6) is 0 Å². The summed E-state index contributed by atoms with van der Waals surface area (Å²) >= 11 is 0. The number of hydrogen-bond donors (Lipinski definition) is 4. The van der Waals surface area contributed by atoms with Gasteiger partial charge in [-0.2, -0.15) is 0 Å². The third-order valence-corrected chi connectivity index (χ3v) is 4.34. The maximum atomic E-state index is 12.2. The van der Waals surface area contributed by atoms with Gasteiger partial charge in [-0.05, 0) is 42.5 Å². The van der Waals surface area contributed by atoms with Crippen molar-refractivity contribution >= 4 is 23.6 Å². The number of amides is 3. The minimum Gasteiger partial charge on any atom is -0.481 e. The number of nitrogens with one attached hydrogen (secondary N) is 3. The summed E-state index contributed by atoms with van der Waals surface area (Å²) < 4.78 is 0. The number of rotatable bonds is 10. The van der Waals surface area contributed by atoms with E-state index in [1.54, 1.807) is 0 Å². The van der Waals surface area contributed by atoms with Gasteiger partial charge in [-0.25, -0.2) is 4.79 Å². The minimum atomic E-state index is -0.882. The molecular formula is C22H27N3O4. The lowest BCUT2D eigenvalue weighted by Gasteiger charge is -2.19. The maximum Gasteiger partial charge on any atom is 0.315 e. The molecule has 4 N–H and O–H groups in total. The van der Waals surface area contributed by atoms with Crippen molar-refractivity contribution in [3.05, 3.63) is 65.7 Å². The lowest BCUT2D eigenvalue weighted by molar-refractivity contribution is -0.137. The molecule has 0 radical (unpaired) electrons. The van der Waals surface area contributed by atoms with E-state index in [0.29, 0.717) is 25.8 Å². The summed E-state index contributed by atoms with van der Waals surface area (Å²) in [4.78, 5) is 34.2. The van der Waals surface area contributed by atoms with Crippen LogP contribution < -0.4 is 16.0 Å². The van der Waals surface area contributed by atoms with E-state index in [9.17, 15) is 14.4 Å². The number of hydrogen-bond acceptors (Lipinski definition) is 3. The van der Waals surface area contributed by atoms with Gasteiger partial charge in [0, 0.05) is 31.6 Å². The van der Waals surface area contributed by atoms with Crippen LogP contribution >= 0.6 is 0 Å². The minimum absolute atomic E-state index is 0.00156. The van der Waals surface area contributed by atoms with Crippen molar-refractivity contribution in [2.45, 2.75) is 38.6 Å². The number of carbonyl (C=O) groups is 3. The van der Waals surface area contributed by atoms with Gasteiger partial charge in [-0.15, -0.1) is 0 Å². The second kappa shape index (κ2) is 11.5. The van der Waals surface area contributed by atoms with Gasteiger partial charge in [0.1, 0.15) is 0 Å². The average molecular weight is 397 g/mol. The van der Waals surface area contributed by atoms with E-state index in [2.05, 4.69) is 16.0 Å². The molecule has 2 rings (SSSR count). The Kier molecular flexibility index (Phi) is 8.69. The largest absolute Gasteiger partial charge is 0.481 e. The van der Waals surface area contributed by atoms with Crippen molar-refractivity contribution in [1.82, 2.24) is 10.6 Å². The van der Waals surface area contributed by atoms with Crippen LogP contribution in [-0.4, -0.2) is 35.6 Å². The third-order valence-electron chi connectivity index (χ3n) is 4.34. The first-order valence-corrected chi connectivity index (χ1v) is 9.59. The van der Waals surface area contributed by atoms with Crippen molar-refractivity contribution in [3.8, 4) is 0 Å². The molecule has 0 aromatic heterocycles. The van der Waals surface area contributed by atoms with Crippen LogP contribution in [0.3, 0.4) is 0 Å². The highest BCUT2D eigenvalue weighted by molar-refractivity contribution is 5.88. The Balaban J connectivity index is 1.80. The van der Waals surface area contributed by atoms with Crippen molar-refractivity contribution in [2.75, 3.05) is 11.9 Å². The fraction of sp³-hybridized carbons (Fsp3) is 0.318. The van der Waals surface area contributed by atoms with Gasteiger partial charge in [0.25, 0.3) is 0 Å². The van der Waals surface area contributed by atoms with Gasteiger partial charge < -0.3 is 21.1 Å². The standard InChI is InChI=1S/C22H27N3O4/c1-16(26)24-19-9-7-17(8-10-19)13-14-23-22(29)25-20(11-12-21(27)28)15-18-5-3-2-4-6-18/h2-10,20H,11-15H2,1H3,(H,24,26)(H,27,28)(H2,23,25,29). The number of anilines is 1. The summed E-state index contributed by atoms with van der Waals surface area (Å²) in [6, 6.07) is 16.5. The molecule has 1 unspecified atom stereocenters. The molecule has 0 aliphatic rings. The van der Waals surface area contributed by atoms with Gasteiger partial charge >= 0.3 is 12.0 Å². The maximum absolute atomic E-state index is 12.2. The molecule has 29 heavy (non-hydrogen) atoms. The van der Waals surface area contributed by atoms with Crippen LogP contribution in [0.4, 0.5) is 10.5 Å². The monoisotopic (exact) mass is 397 g/mol. The number of aliphatic carboxylic acids is 1. The molecule has 7 nitrogen and oxygen atoms in total. The third kappa shape index (κ3) is 8.92. The fourth-order valence-corrected chi connectivity index (χ4v) is 2.94. The van der Waals surface area contributed by atoms with Crippen molar-refractivity contribution in [2.24, 2.45) is 0 Å². The lowest BCUT2D eigenvalue weighted by Crippen LogP contribution is -2.44. The molecule has 0 aliphatic carbocycles. The molecular weight excluding hydrogens is 370 g/mol. The van der Waals surface area contributed by atoms with E-state index in [1.807, 2.05) is 54.6 Å². The SMILES string of the molecule is CC(=O)Nc1ccc(CCNC(=O)NC(CCC(=O)O)Cc2ccccc2)cc1. The van der Waals surface area contributed by atoms with E-state index >= 15 is 0 Å². The zero-order valence-electron chi connectivity index (χ0n) is 16.5. The first-order valence-electron chi connectivity index (χ1n) is 9.59. The van der Waals surface area contributed by atoms with Gasteiger partial charge in [-0.3, -0.25) is 9.59 Å². The predicted molar refractivity (Wildman–Crippen MR) is 112 cm³/mol. The first-order chi connectivity index (χ1) is 13.9. The molecule has 0 saturated carbocycles. The quantitative estimate of drug-likeness (QED) is 0.494. The van der Waals surface area contributed by atoms with E-state index in [4.69, 9.17) is 5.11 Å². The Morgan fingerprint density at radius 3 is 2.28 bits per heavy atom. The summed E-state index contributed by atoms with van der Waals surface area (Å²) in [7, 11) is 0. The molecule has 3 amide bonds. The molecule has 0 fully saturated rings. The Bertz CT molecular complexity index is 807. The normalized spacial score (nSPS) is 11.3. The summed E-state index contributed by atoms with van der Waals surface area (Å²) in [5.41, 5.74) is 2.81. The van der Waals surface area contributed by atoms with Gasteiger partial charge in [0.15, 0.2) is 0 Å². The van der Waals surface area contributed by atoms with Gasteiger partial charge in [0.05, 0.1) is 0 Å². The highest BCUT2D eigenvalue weighted by Crippen LogP contribution is 2.10. The van der Waals surface area contributed by atoms with Crippen LogP contribution in [0.25, 0.3) is 0 Å². The Morgan fingerprint density at radius 2 is 1.66 bits per heavy atom. The second-order valence-corrected chi connectivity index (χ2v) is 6.85. The number of carboxylic acids is 1. The van der Waals surface area contributed by atoms with Crippen molar-refractivity contribution in [3.63, 3.8) is 0 Å². The van der Waals surface area contributed by atoms with Crippen LogP contribution in [0.1, 0.15) is 30.9 Å². The van der Waals surface area contributed by atoms with Crippen molar-refractivity contribution in [1.29, 1.82) is 0 Å². The number of urea groups is 1. The molecule has 0 spiro atoms. The van der Waals surface area contributed by atoms with Gasteiger partial charge in [0.2, 0.25) is 5.91 Å². The smallest absolute Gasteiger partial charge is 0.315 e. The van der Waals surface area contributed by atoms with E-state index in [1.165, 1.54) is 6.92 Å². The van der Waals surface area contributed by atoms with Gasteiger partial charge in [-0.1, -0.05) is 42.5 Å². The summed E-state index contributed by atoms with van der Waals surface area (Å²) in [6.45, 7) is 1.90. The first kappa shape index (κ1) is 21.9. The molecule has 2 aromatic carbocycles. The summed E-state index contributed by atoms with van der Waals surface area (Å²) in [5, 5.41) is 17.3. The van der Waals surface area contributed by atoms with Crippen LogP contribution in [0.15, 0.2) is 54.6 Å². The Labute approximate surface area is 170 Å². The molecule has 7 heteroatoms.